The summed E-state index contributed by atoms with van der Waals surface area (Å²) in [7, 11) is 2.00. The Morgan fingerprint density at radius 1 is 1.25 bits per heavy atom. The average Bonchev–Trinajstić information content (AvgIpc) is 2.91. The predicted molar refractivity (Wildman–Crippen MR) is 101 cm³/mol. The molecule has 1 heterocycles. The lowest BCUT2D eigenvalue weighted by atomic mass is 9.98. The Hall–Kier alpha value is -1.65. The molecule has 1 aromatic heterocycles. The molecule has 0 bridgehead atoms. The van der Waals surface area contributed by atoms with Crippen molar-refractivity contribution in [3.05, 3.63) is 53.3 Å². The first kappa shape index (κ1) is 18.7. The highest BCUT2D eigenvalue weighted by molar-refractivity contribution is 5.21. The maximum atomic E-state index is 6.17. The fourth-order valence-corrected chi connectivity index (χ4v) is 3.00. The molecular formula is C20H32N4. The number of aromatic nitrogens is 2. The van der Waals surface area contributed by atoms with Crippen LogP contribution < -0.4 is 11.1 Å². The molecule has 1 unspecified atom stereocenters. The molecule has 0 amide bonds. The number of hydrogen-bond acceptors (Lipinski definition) is 3. The summed E-state index contributed by atoms with van der Waals surface area (Å²) in [4.78, 5) is 0. The summed E-state index contributed by atoms with van der Waals surface area (Å²) < 4.78 is 1.92. The first-order valence-corrected chi connectivity index (χ1v) is 8.97. The van der Waals surface area contributed by atoms with Crippen LogP contribution in [0.2, 0.25) is 0 Å². The second-order valence-electron chi connectivity index (χ2n) is 7.37. The van der Waals surface area contributed by atoms with Crippen molar-refractivity contribution in [2.24, 2.45) is 12.8 Å². The molecule has 0 aliphatic heterocycles. The number of benzene rings is 1. The number of nitrogens with zero attached hydrogens (tertiary/aromatic N) is 2. The lowest BCUT2D eigenvalue weighted by Crippen LogP contribution is -2.44. The highest BCUT2D eigenvalue weighted by Gasteiger charge is 2.20. The molecule has 1 atom stereocenters. The van der Waals surface area contributed by atoms with E-state index in [2.05, 4.69) is 62.6 Å². The summed E-state index contributed by atoms with van der Waals surface area (Å²) in [5.41, 5.74) is 9.84. The molecule has 24 heavy (non-hydrogen) atoms. The van der Waals surface area contributed by atoms with Crippen molar-refractivity contribution >= 4 is 0 Å². The lowest BCUT2D eigenvalue weighted by Gasteiger charge is -2.25. The van der Waals surface area contributed by atoms with E-state index < -0.39 is 0 Å². The summed E-state index contributed by atoms with van der Waals surface area (Å²) in [6.07, 6.45) is 6.43. The van der Waals surface area contributed by atoms with Gasteiger partial charge in [0.25, 0.3) is 0 Å². The monoisotopic (exact) mass is 328 g/mol. The summed E-state index contributed by atoms with van der Waals surface area (Å²) in [6.45, 7) is 7.08. The van der Waals surface area contributed by atoms with Crippen LogP contribution >= 0.6 is 0 Å². The third kappa shape index (κ3) is 5.77. The molecule has 3 N–H and O–H groups in total. The van der Waals surface area contributed by atoms with E-state index in [0.717, 1.165) is 32.2 Å². The van der Waals surface area contributed by atoms with Crippen LogP contribution in [0.15, 0.2) is 36.5 Å². The van der Waals surface area contributed by atoms with Crippen LogP contribution in [0, 0.1) is 0 Å². The third-order valence-corrected chi connectivity index (χ3v) is 4.25. The van der Waals surface area contributed by atoms with E-state index in [9.17, 15) is 0 Å². The molecular weight excluding hydrogens is 296 g/mol. The molecule has 2 rings (SSSR count). The quantitative estimate of drug-likeness (QED) is 0.742. The van der Waals surface area contributed by atoms with Gasteiger partial charge in [0.05, 0.1) is 11.7 Å². The van der Waals surface area contributed by atoms with Crippen LogP contribution in [0.5, 0.6) is 0 Å². The molecule has 4 heteroatoms. The minimum atomic E-state index is -0.223. The van der Waals surface area contributed by atoms with Gasteiger partial charge in [-0.15, -0.1) is 0 Å². The maximum absolute atomic E-state index is 6.17. The molecule has 0 aliphatic carbocycles. The summed E-state index contributed by atoms with van der Waals surface area (Å²) in [6, 6.07) is 10.9. The molecule has 0 saturated heterocycles. The van der Waals surface area contributed by atoms with Gasteiger partial charge in [-0.25, -0.2) is 0 Å². The Balaban J connectivity index is 2.04. The lowest BCUT2D eigenvalue weighted by molar-refractivity contribution is 0.396. The zero-order valence-electron chi connectivity index (χ0n) is 15.5. The van der Waals surface area contributed by atoms with E-state index >= 15 is 0 Å². The van der Waals surface area contributed by atoms with Crippen LogP contribution in [0.25, 0.3) is 0 Å². The van der Waals surface area contributed by atoms with Gasteiger partial charge in [0.15, 0.2) is 0 Å². The Morgan fingerprint density at radius 3 is 2.58 bits per heavy atom. The number of rotatable bonds is 9. The highest BCUT2D eigenvalue weighted by atomic mass is 15.3. The van der Waals surface area contributed by atoms with Gasteiger partial charge >= 0.3 is 0 Å². The van der Waals surface area contributed by atoms with E-state index in [1.807, 2.05) is 11.7 Å². The Morgan fingerprint density at radius 2 is 1.96 bits per heavy atom. The number of nitrogens with two attached hydrogens (primary N) is 1. The molecule has 0 fully saturated rings. The van der Waals surface area contributed by atoms with E-state index in [1.54, 1.807) is 0 Å². The van der Waals surface area contributed by atoms with Crippen LogP contribution in [-0.2, 0) is 19.9 Å². The third-order valence-electron chi connectivity index (χ3n) is 4.25. The topological polar surface area (TPSA) is 55.9 Å². The van der Waals surface area contributed by atoms with Crippen LogP contribution in [0.3, 0.4) is 0 Å². The number of hydrogen-bond donors (Lipinski definition) is 2. The van der Waals surface area contributed by atoms with Crippen molar-refractivity contribution in [2.45, 2.75) is 58.0 Å². The van der Waals surface area contributed by atoms with Crippen molar-refractivity contribution in [1.29, 1.82) is 0 Å². The molecule has 0 saturated carbocycles. The fraction of sp³-hybridized carbons (Fsp3) is 0.550. The van der Waals surface area contributed by atoms with Gasteiger partial charge in [-0.05, 0) is 50.7 Å². The molecule has 1 aromatic carbocycles. The van der Waals surface area contributed by atoms with E-state index in [4.69, 9.17) is 10.8 Å². The molecule has 2 aromatic rings. The van der Waals surface area contributed by atoms with Gasteiger partial charge < -0.3 is 11.1 Å². The van der Waals surface area contributed by atoms with Crippen molar-refractivity contribution in [2.75, 3.05) is 6.54 Å². The molecule has 0 aliphatic rings. The first-order chi connectivity index (χ1) is 11.4. The minimum absolute atomic E-state index is 0.223. The van der Waals surface area contributed by atoms with E-state index in [-0.39, 0.29) is 11.6 Å². The summed E-state index contributed by atoms with van der Waals surface area (Å²) >= 11 is 0. The second-order valence-corrected chi connectivity index (χ2v) is 7.37. The number of aryl methyl sites for hydroxylation is 3. The van der Waals surface area contributed by atoms with Gasteiger partial charge in [-0.1, -0.05) is 37.3 Å². The molecule has 132 valence electrons. The second kappa shape index (κ2) is 8.45. The standard InChI is InChI=1S/C20H32N4/c1-5-17-14-24(4)23-19(17)18(22-15-20(2,3)21)13-9-12-16-10-7-6-8-11-16/h6-8,10-11,14,18,22H,5,9,12-13,15,21H2,1-4H3. The van der Waals surface area contributed by atoms with Gasteiger partial charge in [0.2, 0.25) is 0 Å². The van der Waals surface area contributed by atoms with Gasteiger partial charge in [0, 0.05) is 25.3 Å². The number of nitrogens with one attached hydrogen (secondary N) is 1. The summed E-state index contributed by atoms with van der Waals surface area (Å²) in [5.74, 6) is 0. The summed E-state index contributed by atoms with van der Waals surface area (Å²) in [5, 5.41) is 8.37. The maximum Gasteiger partial charge on any atom is 0.0825 e. The Labute approximate surface area is 146 Å². The van der Waals surface area contributed by atoms with Crippen LogP contribution in [0.1, 0.15) is 56.5 Å². The van der Waals surface area contributed by atoms with E-state index in [0.29, 0.717) is 0 Å². The zero-order chi connectivity index (χ0) is 17.6. The van der Waals surface area contributed by atoms with Gasteiger partial charge in [-0.3, -0.25) is 4.68 Å². The van der Waals surface area contributed by atoms with Crippen LogP contribution in [0.4, 0.5) is 0 Å². The Kier molecular flexibility index (Phi) is 6.58. The fourth-order valence-electron chi connectivity index (χ4n) is 3.00. The van der Waals surface area contributed by atoms with Crippen molar-refractivity contribution in [3.63, 3.8) is 0 Å². The van der Waals surface area contributed by atoms with Gasteiger partial charge in [-0.2, -0.15) is 5.10 Å². The normalized spacial score (nSPS) is 13.2. The predicted octanol–water partition coefficient (Wildman–Crippen LogP) is 3.37. The minimum Gasteiger partial charge on any atom is -0.324 e. The van der Waals surface area contributed by atoms with Crippen molar-refractivity contribution in [3.8, 4) is 0 Å². The van der Waals surface area contributed by atoms with Gasteiger partial charge in [0.1, 0.15) is 0 Å². The molecule has 0 spiro atoms. The highest BCUT2D eigenvalue weighted by Crippen LogP contribution is 2.23. The first-order valence-electron chi connectivity index (χ1n) is 8.97. The van der Waals surface area contributed by atoms with E-state index in [1.165, 1.54) is 16.8 Å². The van der Waals surface area contributed by atoms with Crippen molar-refractivity contribution < 1.29 is 0 Å². The van der Waals surface area contributed by atoms with Crippen LogP contribution in [-0.4, -0.2) is 21.9 Å². The van der Waals surface area contributed by atoms with Crippen molar-refractivity contribution in [1.82, 2.24) is 15.1 Å². The Bertz CT molecular complexity index is 610. The smallest absolute Gasteiger partial charge is 0.0825 e. The SMILES string of the molecule is CCc1cn(C)nc1C(CCCc1ccccc1)NCC(C)(C)N. The zero-order valence-corrected chi connectivity index (χ0v) is 15.5. The largest absolute Gasteiger partial charge is 0.324 e. The molecule has 4 nitrogen and oxygen atoms in total. The molecule has 0 radical (unpaired) electrons. The average molecular weight is 329 g/mol.